The fourth-order valence-corrected chi connectivity index (χ4v) is 2.81. The normalized spacial score (nSPS) is 15.0. The molecule has 138 valence electrons. The molecule has 0 unspecified atom stereocenters. The monoisotopic (exact) mass is 350 g/mol. The van der Waals surface area contributed by atoms with Crippen molar-refractivity contribution >= 4 is 0 Å². The van der Waals surface area contributed by atoms with Crippen molar-refractivity contribution in [1.82, 2.24) is 5.32 Å². The molecule has 0 bridgehead atoms. The molecular weight excluding hydrogens is 320 g/mol. The highest BCUT2D eigenvalue weighted by molar-refractivity contribution is 5.16. The topological polar surface area (TPSA) is 45.0 Å². The quantitative estimate of drug-likeness (QED) is 0.722. The lowest BCUT2D eigenvalue weighted by Gasteiger charge is -2.36. The molecule has 0 heterocycles. The van der Waals surface area contributed by atoms with Crippen molar-refractivity contribution in [2.75, 3.05) is 0 Å². The maximum Gasteiger partial charge on any atom is 0.106 e. The molecule has 3 nitrogen and oxygen atoms in total. The predicted molar refractivity (Wildman–Crippen MR) is 106 cm³/mol. The third kappa shape index (κ3) is 6.29. The Bertz CT molecular complexity index is 700. The average Bonchev–Trinajstić information content (AvgIpc) is 2.64. The number of rotatable bonds is 8. The van der Waals surface area contributed by atoms with Crippen LogP contribution in [0.3, 0.4) is 0 Å². The van der Waals surface area contributed by atoms with Crippen LogP contribution in [0.2, 0.25) is 0 Å². The van der Waals surface area contributed by atoms with E-state index in [4.69, 9.17) is 4.74 Å². The number of hydrogen-bond acceptors (Lipinski definition) is 3. The molecular formula is C23H30N2O. The summed E-state index contributed by atoms with van der Waals surface area (Å²) in [5, 5.41) is 13.2. The van der Waals surface area contributed by atoms with Gasteiger partial charge in [0.1, 0.15) is 5.54 Å². The second-order valence-electron chi connectivity index (χ2n) is 8.14. The van der Waals surface area contributed by atoms with Crippen LogP contribution in [0.15, 0.2) is 60.7 Å². The van der Waals surface area contributed by atoms with Gasteiger partial charge in [0.05, 0.1) is 18.8 Å². The van der Waals surface area contributed by atoms with Crippen LogP contribution >= 0.6 is 0 Å². The van der Waals surface area contributed by atoms with Crippen LogP contribution < -0.4 is 5.32 Å². The Hall–Kier alpha value is -2.15. The highest BCUT2D eigenvalue weighted by Crippen LogP contribution is 2.30. The van der Waals surface area contributed by atoms with Crippen LogP contribution in [0.1, 0.15) is 45.2 Å². The summed E-state index contributed by atoms with van der Waals surface area (Å²) in [6.07, 6.45) is 0.600. The highest BCUT2D eigenvalue weighted by atomic mass is 16.5. The van der Waals surface area contributed by atoms with Crippen LogP contribution in [0.4, 0.5) is 0 Å². The minimum absolute atomic E-state index is 0.0318. The summed E-state index contributed by atoms with van der Waals surface area (Å²) >= 11 is 0. The van der Waals surface area contributed by atoms with Gasteiger partial charge in [-0.15, -0.1) is 0 Å². The van der Waals surface area contributed by atoms with E-state index in [1.165, 1.54) is 5.56 Å². The first-order chi connectivity index (χ1) is 12.3. The van der Waals surface area contributed by atoms with Gasteiger partial charge in [-0.1, -0.05) is 81.4 Å². The molecule has 0 amide bonds. The Morgan fingerprint density at radius 1 is 0.923 bits per heavy atom. The standard InChI is InChI=1S/C23H30N2O/c1-22(2,3)21(26-17-20-13-9-6-10-14-20)15-23(4,18-24)25-16-19-11-7-5-8-12-19/h5-14,21,25H,15-17H2,1-4H3/t21-,23-/m1/s1. The summed E-state index contributed by atoms with van der Waals surface area (Å²) < 4.78 is 6.25. The summed E-state index contributed by atoms with van der Waals surface area (Å²) in [4.78, 5) is 0. The molecule has 1 N–H and O–H groups in total. The Balaban J connectivity index is 2.03. The molecule has 0 aromatic heterocycles. The maximum atomic E-state index is 9.80. The number of benzene rings is 2. The summed E-state index contributed by atoms with van der Waals surface area (Å²) in [5.74, 6) is 0. The first kappa shape index (κ1) is 20.2. The zero-order valence-corrected chi connectivity index (χ0v) is 16.3. The summed E-state index contributed by atoms with van der Waals surface area (Å²) in [6, 6.07) is 22.8. The molecule has 0 fully saturated rings. The van der Waals surface area contributed by atoms with Crippen LogP contribution in [0.5, 0.6) is 0 Å². The van der Waals surface area contributed by atoms with Crippen molar-refractivity contribution in [3.63, 3.8) is 0 Å². The lowest BCUT2D eigenvalue weighted by atomic mass is 9.81. The number of nitrogens with one attached hydrogen (secondary N) is 1. The largest absolute Gasteiger partial charge is 0.373 e. The van der Waals surface area contributed by atoms with Crippen LogP contribution in [0.25, 0.3) is 0 Å². The van der Waals surface area contributed by atoms with Gasteiger partial charge >= 0.3 is 0 Å². The number of nitriles is 1. The molecule has 0 radical (unpaired) electrons. The first-order valence-electron chi connectivity index (χ1n) is 9.18. The zero-order valence-electron chi connectivity index (χ0n) is 16.3. The number of ether oxygens (including phenoxy) is 1. The highest BCUT2D eigenvalue weighted by Gasteiger charge is 2.34. The summed E-state index contributed by atoms with van der Waals surface area (Å²) in [7, 11) is 0. The average molecular weight is 351 g/mol. The SMILES string of the molecule is CC(C)(C)[C@@H](C[C@](C)(C#N)NCc1ccccc1)OCc1ccccc1. The van der Waals surface area contributed by atoms with E-state index < -0.39 is 5.54 Å². The smallest absolute Gasteiger partial charge is 0.106 e. The Morgan fingerprint density at radius 2 is 1.46 bits per heavy atom. The van der Waals surface area contributed by atoms with Crippen LogP contribution in [-0.4, -0.2) is 11.6 Å². The Labute approximate surface area is 158 Å². The fourth-order valence-electron chi connectivity index (χ4n) is 2.81. The van der Waals surface area contributed by atoms with E-state index >= 15 is 0 Å². The molecule has 2 aromatic rings. The lowest BCUT2D eigenvalue weighted by Crippen LogP contribution is -2.46. The zero-order chi connectivity index (χ0) is 19.0. The van der Waals surface area contributed by atoms with Crippen LogP contribution in [-0.2, 0) is 17.9 Å². The van der Waals surface area contributed by atoms with E-state index in [2.05, 4.69) is 56.4 Å². The van der Waals surface area contributed by atoms with Crippen molar-refractivity contribution in [2.24, 2.45) is 5.41 Å². The number of hydrogen-bond donors (Lipinski definition) is 1. The molecule has 2 atom stereocenters. The van der Waals surface area contributed by atoms with E-state index in [0.717, 1.165) is 5.56 Å². The minimum atomic E-state index is -0.648. The summed E-state index contributed by atoms with van der Waals surface area (Å²) in [6.45, 7) is 9.68. The Kier molecular flexibility index (Phi) is 6.97. The van der Waals surface area contributed by atoms with E-state index in [0.29, 0.717) is 19.6 Å². The molecule has 2 aromatic carbocycles. The van der Waals surface area contributed by atoms with Crippen molar-refractivity contribution in [3.8, 4) is 6.07 Å². The Morgan fingerprint density at radius 3 is 1.96 bits per heavy atom. The van der Waals surface area contributed by atoms with Gasteiger partial charge in [-0.05, 0) is 23.5 Å². The van der Waals surface area contributed by atoms with Gasteiger partial charge in [-0.2, -0.15) is 5.26 Å². The molecule has 0 saturated carbocycles. The van der Waals surface area contributed by atoms with E-state index in [9.17, 15) is 5.26 Å². The van der Waals surface area contributed by atoms with Crippen molar-refractivity contribution in [2.45, 2.75) is 58.9 Å². The maximum absolute atomic E-state index is 9.80. The molecule has 0 aliphatic carbocycles. The van der Waals surface area contributed by atoms with E-state index in [1.807, 2.05) is 43.3 Å². The van der Waals surface area contributed by atoms with Crippen molar-refractivity contribution < 1.29 is 4.74 Å². The second-order valence-corrected chi connectivity index (χ2v) is 8.14. The van der Waals surface area contributed by atoms with Gasteiger partial charge in [-0.3, -0.25) is 5.32 Å². The third-order valence-corrected chi connectivity index (χ3v) is 4.63. The molecule has 26 heavy (non-hydrogen) atoms. The van der Waals surface area contributed by atoms with Gasteiger partial charge in [-0.25, -0.2) is 0 Å². The molecule has 0 aliphatic heterocycles. The second kappa shape index (κ2) is 8.98. The van der Waals surface area contributed by atoms with Gasteiger partial charge in [0.15, 0.2) is 0 Å². The fraction of sp³-hybridized carbons (Fsp3) is 0.435. The molecule has 3 heteroatoms. The van der Waals surface area contributed by atoms with Gasteiger partial charge in [0.2, 0.25) is 0 Å². The molecule has 2 rings (SSSR count). The lowest BCUT2D eigenvalue weighted by molar-refractivity contribution is -0.0425. The van der Waals surface area contributed by atoms with Gasteiger partial charge in [0, 0.05) is 13.0 Å². The van der Waals surface area contributed by atoms with Crippen LogP contribution in [0, 0.1) is 16.7 Å². The minimum Gasteiger partial charge on any atom is -0.373 e. The molecule has 0 saturated heterocycles. The number of nitrogens with zero attached hydrogens (tertiary/aromatic N) is 1. The van der Waals surface area contributed by atoms with Gasteiger partial charge in [0.25, 0.3) is 0 Å². The predicted octanol–water partition coefficient (Wildman–Crippen LogP) is 5.08. The molecule has 0 aliphatic rings. The van der Waals surface area contributed by atoms with Crippen molar-refractivity contribution in [3.05, 3.63) is 71.8 Å². The third-order valence-electron chi connectivity index (χ3n) is 4.63. The van der Waals surface area contributed by atoms with Gasteiger partial charge < -0.3 is 4.74 Å². The van der Waals surface area contributed by atoms with E-state index in [1.54, 1.807) is 0 Å². The van der Waals surface area contributed by atoms with Crippen molar-refractivity contribution in [1.29, 1.82) is 5.26 Å². The first-order valence-corrected chi connectivity index (χ1v) is 9.18. The van der Waals surface area contributed by atoms with E-state index in [-0.39, 0.29) is 11.5 Å². The molecule has 0 spiro atoms. The summed E-state index contributed by atoms with van der Waals surface area (Å²) in [5.41, 5.74) is 1.62.